The van der Waals surface area contributed by atoms with Crippen molar-refractivity contribution < 1.29 is 19.2 Å². The maximum absolute atomic E-state index is 13.5. The second kappa shape index (κ2) is 5.83. The van der Waals surface area contributed by atoms with E-state index in [4.69, 9.17) is 5.11 Å². The third-order valence-corrected chi connectivity index (χ3v) is 3.46. The predicted octanol–water partition coefficient (Wildman–Crippen LogP) is 2.81. The summed E-state index contributed by atoms with van der Waals surface area (Å²) < 4.78 is 13.5. The van der Waals surface area contributed by atoms with Gasteiger partial charge >= 0.3 is 5.97 Å². The van der Waals surface area contributed by atoms with Crippen LogP contribution in [0.15, 0.2) is 17.5 Å². The van der Waals surface area contributed by atoms with Crippen LogP contribution in [0.2, 0.25) is 0 Å². The van der Waals surface area contributed by atoms with E-state index in [1.165, 1.54) is 11.3 Å². The number of aromatic carboxylic acids is 1. The summed E-state index contributed by atoms with van der Waals surface area (Å²) in [6.45, 7) is 1.99. The molecule has 1 aromatic heterocycles. The third-order valence-electron chi connectivity index (χ3n) is 2.64. The van der Waals surface area contributed by atoms with Crippen molar-refractivity contribution in [3.05, 3.63) is 49.7 Å². The molecule has 0 amide bonds. The zero-order valence-corrected chi connectivity index (χ0v) is 11.6. The van der Waals surface area contributed by atoms with Crippen LogP contribution in [0.25, 0.3) is 0 Å². The Hall–Kier alpha value is -2.55. The first-order chi connectivity index (χ1) is 9.88. The molecule has 0 saturated heterocycles. The van der Waals surface area contributed by atoms with Crippen LogP contribution in [0.1, 0.15) is 21.1 Å². The molecule has 0 aliphatic heterocycles. The summed E-state index contributed by atoms with van der Waals surface area (Å²) in [6, 6.07) is 1.51. The Morgan fingerprint density at radius 2 is 2.29 bits per heavy atom. The fourth-order valence-corrected chi connectivity index (χ4v) is 2.31. The van der Waals surface area contributed by atoms with Gasteiger partial charge in [-0.2, -0.15) is 0 Å². The average molecular weight is 311 g/mol. The summed E-state index contributed by atoms with van der Waals surface area (Å²) >= 11 is 1.42. The lowest BCUT2D eigenvalue weighted by molar-refractivity contribution is -0.384. The molecule has 2 aromatic rings. The van der Waals surface area contributed by atoms with E-state index in [9.17, 15) is 19.3 Å². The summed E-state index contributed by atoms with van der Waals surface area (Å²) in [7, 11) is 0. The van der Waals surface area contributed by atoms with Crippen molar-refractivity contribution in [3.63, 3.8) is 0 Å². The van der Waals surface area contributed by atoms with Gasteiger partial charge in [0.15, 0.2) is 0 Å². The van der Waals surface area contributed by atoms with Gasteiger partial charge in [0.05, 0.1) is 33.8 Å². The number of halogens is 1. The van der Waals surface area contributed by atoms with Crippen molar-refractivity contribution in [2.45, 2.75) is 13.5 Å². The number of nitro benzene ring substituents is 1. The fourth-order valence-electron chi connectivity index (χ4n) is 1.69. The van der Waals surface area contributed by atoms with E-state index in [1.807, 2.05) is 6.92 Å². The molecule has 0 radical (unpaired) electrons. The number of hydrogen-bond acceptors (Lipinski definition) is 6. The van der Waals surface area contributed by atoms with Crippen LogP contribution in [-0.4, -0.2) is 21.0 Å². The van der Waals surface area contributed by atoms with Crippen LogP contribution in [0.3, 0.4) is 0 Å². The van der Waals surface area contributed by atoms with E-state index >= 15 is 0 Å². The van der Waals surface area contributed by atoms with Crippen LogP contribution in [0.4, 0.5) is 15.8 Å². The lowest BCUT2D eigenvalue weighted by Crippen LogP contribution is -2.07. The molecule has 0 aliphatic rings. The molecule has 7 nitrogen and oxygen atoms in total. The normalized spacial score (nSPS) is 10.4. The minimum atomic E-state index is -1.49. The maximum Gasteiger partial charge on any atom is 0.338 e. The first kappa shape index (κ1) is 14.9. The monoisotopic (exact) mass is 311 g/mol. The van der Waals surface area contributed by atoms with Crippen molar-refractivity contribution in [2.24, 2.45) is 0 Å². The number of nitrogens with one attached hydrogen (secondary N) is 1. The number of nitrogens with zero attached hydrogens (tertiary/aromatic N) is 2. The molecule has 1 heterocycles. The number of carbonyl (C=O) groups is 1. The highest BCUT2D eigenvalue weighted by atomic mass is 32.1. The van der Waals surface area contributed by atoms with Crippen LogP contribution in [0.5, 0.6) is 0 Å². The minimum absolute atomic E-state index is 0.0653. The first-order valence-corrected chi connectivity index (χ1v) is 6.62. The number of carboxylic acids is 1. The highest BCUT2D eigenvalue weighted by Crippen LogP contribution is 2.28. The van der Waals surface area contributed by atoms with Gasteiger partial charge in [-0.3, -0.25) is 10.1 Å². The number of benzene rings is 1. The number of nitro groups is 1. The second-order valence-electron chi connectivity index (χ2n) is 4.12. The van der Waals surface area contributed by atoms with Crippen LogP contribution >= 0.6 is 11.3 Å². The lowest BCUT2D eigenvalue weighted by Gasteiger charge is -2.07. The van der Waals surface area contributed by atoms with Gasteiger partial charge in [0.1, 0.15) is 11.5 Å². The Morgan fingerprint density at radius 3 is 2.81 bits per heavy atom. The number of hydrogen-bond donors (Lipinski definition) is 2. The van der Waals surface area contributed by atoms with Crippen molar-refractivity contribution in [1.29, 1.82) is 0 Å². The lowest BCUT2D eigenvalue weighted by atomic mass is 10.1. The molecule has 0 aliphatic carbocycles. The van der Waals surface area contributed by atoms with Gasteiger partial charge < -0.3 is 10.4 Å². The number of carboxylic acid groups (broad SMARTS) is 1. The molecule has 0 unspecified atom stereocenters. The standard InChI is InChI=1S/C12H10FN3O4S/c1-6-15-7(5-21-6)4-14-10-2-8(12(17)18)9(13)3-11(10)16(19)20/h2-3,5,14H,4H2,1H3,(H,17,18). The Labute approximate surface area is 122 Å². The van der Waals surface area contributed by atoms with E-state index in [1.54, 1.807) is 5.38 Å². The van der Waals surface area contributed by atoms with Gasteiger partial charge in [-0.1, -0.05) is 0 Å². The molecule has 0 saturated carbocycles. The topological polar surface area (TPSA) is 105 Å². The summed E-state index contributed by atoms with van der Waals surface area (Å²) in [5.74, 6) is -2.64. The smallest absolute Gasteiger partial charge is 0.338 e. The number of anilines is 1. The minimum Gasteiger partial charge on any atom is -0.478 e. The zero-order chi connectivity index (χ0) is 15.6. The molecular formula is C12H10FN3O4S. The molecule has 1 aromatic carbocycles. The van der Waals surface area contributed by atoms with Gasteiger partial charge in [0.25, 0.3) is 5.69 Å². The third kappa shape index (κ3) is 3.31. The number of rotatable bonds is 5. The molecule has 2 N–H and O–H groups in total. The number of aryl methyl sites for hydroxylation is 1. The maximum atomic E-state index is 13.5. The Morgan fingerprint density at radius 1 is 1.57 bits per heavy atom. The fraction of sp³-hybridized carbons (Fsp3) is 0.167. The predicted molar refractivity (Wildman–Crippen MR) is 74.2 cm³/mol. The van der Waals surface area contributed by atoms with Crippen molar-refractivity contribution in [3.8, 4) is 0 Å². The van der Waals surface area contributed by atoms with E-state index < -0.39 is 28.0 Å². The van der Waals surface area contributed by atoms with Crippen molar-refractivity contribution in [2.75, 3.05) is 5.32 Å². The molecule has 9 heteroatoms. The highest BCUT2D eigenvalue weighted by molar-refractivity contribution is 7.09. The van der Waals surface area contributed by atoms with E-state index in [-0.39, 0.29) is 12.2 Å². The molecule has 0 atom stereocenters. The van der Waals surface area contributed by atoms with Crippen molar-refractivity contribution >= 4 is 28.7 Å². The highest BCUT2D eigenvalue weighted by Gasteiger charge is 2.21. The van der Waals surface area contributed by atoms with E-state index in [0.717, 1.165) is 11.1 Å². The second-order valence-corrected chi connectivity index (χ2v) is 5.19. The van der Waals surface area contributed by atoms with Gasteiger partial charge in [-0.05, 0) is 13.0 Å². The van der Waals surface area contributed by atoms with Crippen LogP contribution in [-0.2, 0) is 6.54 Å². The molecule has 0 fully saturated rings. The molecule has 110 valence electrons. The van der Waals surface area contributed by atoms with E-state index in [0.29, 0.717) is 11.8 Å². The Kier molecular flexibility index (Phi) is 4.13. The molecule has 2 rings (SSSR count). The summed E-state index contributed by atoms with van der Waals surface area (Å²) in [6.07, 6.45) is 0. The summed E-state index contributed by atoms with van der Waals surface area (Å²) in [5, 5.41) is 25.1. The molecule has 0 bridgehead atoms. The average Bonchev–Trinajstić information content (AvgIpc) is 2.82. The number of thiazole rings is 1. The van der Waals surface area contributed by atoms with Crippen molar-refractivity contribution in [1.82, 2.24) is 4.98 Å². The molecule has 0 spiro atoms. The van der Waals surface area contributed by atoms with Gasteiger partial charge in [-0.25, -0.2) is 14.2 Å². The van der Waals surface area contributed by atoms with E-state index in [2.05, 4.69) is 10.3 Å². The Bertz CT molecular complexity index is 717. The van der Waals surface area contributed by atoms with Gasteiger partial charge in [0, 0.05) is 5.38 Å². The molecular weight excluding hydrogens is 301 g/mol. The SMILES string of the molecule is Cc1nc(CNc2cc(C(=O)O)c(F)cc2[N+](=O)[O-])cs1. The quantitative estimate of drug-likeness (QED) is 0.649. The summed E-state index contributed by atoms with van der Waals surface area (Å²) in [5.41, 5.74) is -0.556. The Balaban J connectivity index is 2.33. The first-order valence-electron chi connectivity index (χ1n) is 5.74. The zero-order valence-electron chi connectivity index (χ0n) is 10.8. The number of aromatic nitrogens is 1. The van der Waals surface area contributed by atoms with Gasteiger partial charge in [0.2, 0.25) is 0 Å². The largest absolute Gasteiger partial charge is 0.478 e. The summed E-state index contributed by atoms with van der Waals surface area (Å²) in [4.78, 5) is 25.2. The molecule has 21 heavy (non-hydrogen) atoms. The van der Waals surface area contributed by atoms with Crippen LogP contribution in [0, 0.1) is 22.9 Å². The van der Waals surface area contributed by atoms with Crippen LogP contribution < -0.4 is 5.32 Å². The van der Waals surface area contributed by atoms with Gasteiger partial charge in [-0.15, -0.1) is 11.3 Å².